The first kappa shape index (κ1) is 25.8. The van der Waals surface area contributed by atoms with Gasteiger partial charge in [0.1, 0.15) is 5.65 Å². The summed E-state index contributed by atoms with van der Waals surface area (Å²) in [5.41, 5.74) is 7.47. The molecule has 0 saturated carbocycles. The maximum absolute atomic E-state index is 12.9. The van der Waals surface area contributed by atoms with Gasteiger partial charge in [0.2, 0.25) is 0 Å². The fourth-order valence-corrected chi connectivity index (χ4v) is 4.91. The van der Waals surface area contributed by atoms with Crippen molar-refractivity contribution in [1.82, 2.24) is 19.8 Å². The SMILES string of the molecule is CC(=O)c1cc2cc(CCc3cc(NC(=O)c4ccc(CN5CCN(C)CC5)cc4)ccc3C)cnc2[nH]1. The van der Waals surface area contributed by atoms with Gasteiger partial charge in [0, 0.05) is 62.5 Å². The van der Waals surface area contributed by atoms with E-state index < -0.39 is 0 Å². The molecule has 2 aromatic carbocycles. The van der Waals surface area contributed by atoms with Gasteiger partial charge in [-0.15, -0.1) is 0 Å². The number of nitrogens with zero attached hydrogens (tertiary/aromatic N) is 3. The molecule has 1 fully saturated rings. The number of likely N-dealkylation sites (N-methyl/N-ethyl adjacent to an activating group) is 1. The average molecular weight is 510 g/mol. The number of hydrogen-bond acceptors (Lipinski definition) is 5. The number of Topliss-reactive ketones (excluding diaryl/α,β-unsaturated/α-hetero) is 1. The number of amides is 1. The third-order valence-corrected chi connectivity index (χ3v) is 7.41. The molecule has 1 amide bonds. The van der Waals surface area contributed by atoms with Crippen molar-refractivity contribution < 1.29 is 9.59 Å². The smallest absolute Gasteiger partial charge is 0.255 e. The van der Waals surface area contributed by atoms with E-state index in [2.05, 4.69) is 69.4 Å². The molecular weight excluding hydrogens is 474 g/mol. The molecule has 7 nitrogen and oxygen atoms in total. The van der Waals surface area contributed by atoms with Gasteiger partial charge in [0.25, 0.3) is 5.91 Å². The van der Waals surface area contributed by atoms with Crippen molar-refractivity contribution in [3.8, 4) is 0 Å². The molecule has 0 spiro atoms. The number of carbonyl (C=O) groups excluding carboxylic acids is 2. The Bertz CT molecular complexity index is 1450. The van der Waals surface area contributed by atoms with Gasteiger partial charge in [-0.25, -0.2) is 4.98 Å². The average Bonchev–Trinajstić information content (AvgIpc) is 3.35. The zero-order valence-corrected chi connectivity index (χ0v) is 22.4. The molecule has 1 saturated heterocycles. The second kappa shape index (κ2) is 11.3. The number of carbonyl (C=O) groups is 2. The molecule has 2 aromatic heterocycles. The van der Waals surface area contributed by atoms with Crippen LogP contribution in [-0.4, -0.2) is 64.7 Å². The summed E-state index contributed by atoms with van der Waals surface area (Å²) in [6.45, 7) is 8.90. The highest BCUT2D eigenvalue weighted by Crippen LogP contribution is 2.21. The minimum atomic E-state index is -0.102. The Kier molecular flexibility index (Phi) is 7.67. The van der Waals surface area contributed by atoms with Gasteiger partial charge < -0.3 is 15.2 Å². The Balaban J connectivity index is 1.20. The van der Waals surface area contributed by atoms with Crippen LogP contribution in [0, 0.1) is 6.92 Å². The van der Waals surface area contributed by atoms with Crippen molar-refractivity contribution in [1.29, 1.82) is 0 Å². The number of benzene rings is 2. The number of piperazine rings is 1. The van der Waals surface area contributed by atoms with E-state index in [0.29, 0.717) is 11.3 Å². The van der Waals surface area contributed by atoms with Crippen LogP contribution in [0.1, 0.15) is 50.0 Å². The van der Waals surface area contributed by atoms with Crippen molar-refractivity contribution in [2.75, 3.05) is 38.5 Å². The lowest BCUT2D eigenvalue weighted by Gasteiger charge is -2.32. The molecule has 0 radical (unpaired) electrons. The maximum Gasteiger partial charge on any atom is 0.255 e. The van der Waals surface area contributed by atoms with Gasteiger partial charge in [0.15, 0.2) is 5.78 Å². The summed E-state index contributed by atoms with van der Waals surface area (Å²) >= 11 is 0. The predicted octanol–water partition coefficient (Wildman–Crippen LogP) is 4.86. The summed E-state index contributed by atoms with van der Waals surface area (Å²) in [7, 11) is 2.16. The van der Waals surface area contributed by atoms with Crippen molar-refractivity contribution in [3.05, 3.63) is 94.3 Å². The highest BCUT2D eigenvalue weighted by atomic mass is 16.1. The fraction of sp³-hybridized carbons (Fsp3) is 0.323. The summed E-state index contributed by atoms with van der Waals surface area (Å²) in [5, 5.41) is 4.01. The molecule has 1 aliphatic heterocycles. The van der Waals surface area contributed by atoms with E-state index in [-0.39, 0.29) is 11.7 Å². The van der Waals surface area contributed by atoms with Crippen molar-refractivity contribution in [2.24, 2.45) is 0 Å². The van der Waals surface area contributed by atoms with E-state index in [1.807, 2.05) is 30.5 Å². The quantitative estimate of drug-likeness (QED) is 0.332. The first-order valence-corrected chi connectivity index (χ1v) is 13.2. The number of H-pyrrole nitrogens is 1. The van der Waals surface area contributed by atoms with Crippen LogP contribution in [0.2, 0.25) is 0 Å². The Morgan fingerprint density at radius 2 is 1.71 bits per heavy atom. The summed E-state index contributed by atoms with van der Waals surface area (Å²) in [6, 6.07) is 17.9. The predicted molar refractivity (Wildman–Crippen MR) is 152 cm³/mol. The summed E-state index contributed by atoms with van der Waals surface area (Å²) in [4.78, 5) is 36.9. The van der Waals surface area contributed by atoms with E-state index >= 15 is 0 Å². The van der Waals surface area contributed by atoms with E-state index in [1.54, 1.807) is 6.92 Å². The zero-order chi connectivity index (χ0) is 26.6. The highest BCUT2D eigenvalue weighted by Gasteiger charge is 2.14. The Morgan fingerprint density at radius 3 is 2.45 bits per heavy atom. The number of anilines is 1. The van der Waals surface area contributed by atoms with E-state index in [9.17, 15) is 9.59 Å². The number of hydrogen-bond donors (Lipinski definition) is 2. The number of aromatic amines is 1. The van der Waals surface area contributed by atoms with Gasteiger partial charge in [-0.2, -0.15) is 0 Å². The second-order valence-corrected chi connectivity index (χ2v) is 10.4. The topological polar surface area (TPSA) is 81.3 Å². The van der Waals surface area contributed by atoms with Gasteiger partial charge in [-0.1, -0.05) is 18.2 Å². The van der Waals surface area contributed by atoms with Crippen molar-refractivity contribution in [2.45, 2.75) is 33.2 Å². The largest absolute Gasteiger partial charge is 0.337 e. The van der Waals surface area contributed by atoms with Crippen LogP contribution in [-0.2, 0) is 19.4 Å². The standard InChI is InChI=1S/C31H35N5O2/c1-21-4-11-28(17-26(21)10-7-24-16-27-18-29(22(2)37)34-30(27)32-19-24)33-31(38)25-8-5-23(6-9-25)20-36-14-12-35(3)13-15-36/h4-6,8-9,11,16-19H,7,10,12-15,20H2,1-3H3,(H,32,34)(H,33,38). The number of fused-ring (bicyclic) bond motifs is 1. The first-order chi connectivity index (χ1) is 18.3. The van der Waals surface area contributed by atoms with E-state index in [1.165, 1.54) is 16.7 Å². The monoisotopic (exact) mass is 509 g/mol. The third kappa shape index (κ3) is 6.18. The van der Waals surface area contributed by atoms with E-state index in [4.69, 9.17) is 0 Å². The third-order valence-electron chi connectivity index (χ3n) is 7.41. The second-order valence-electron chi connectivity index (χ2n) is 10.4. The molecule has 5 rings (SSSR count). The molecule has 0 bridgehead atoms. The lowest BCUT2D eigenvalue weighted by atomic mass is 10.00. The highest BCUT2D eigenvalue weighted by molar-refractivity contribution is 6.04. The number of aromatic nitrogens is 2. The number of pyridine rings is 1. The molecule has 3 heterocycles. The molecule has 0 aliphatic carbocycles. The molecule has 38 heavy (non-hydrogen) atoms. The molecule has 196 valence electrons. The number of nitrogens with one attached hydrogen (secondary N) is 2. The molecule has 0 atom stereocenters. The van der Waals surface area contributed by atoms with Gasteiger partial charge in [-0.05, 0) is 85.5 Å². The Morgan fingerprint density at radius 1 is 0.947 bits per heavy atom. The molecule has 4 aromatic rings. The summed E-state index contributed by atoms with van der Waals surface area (Å²) in [6.07, 6.45) is 3.50. The summed E-state index contributed by atoms with van der Waals surface area (Å²) in [5.74, 6) is -0.102. The zero-order valence-electron chi connectivity index (χ0n) is 22.4. The van der Waals surface area contributed by atoms with Gasteiger partial charge in [0.05, 0.1) is 5.69 Å². The van der Waals surface area contributed by atoms with E-state index in [0.717, 1.165) is 67.8 Å². The lowest BCUT2D eigenvalue weighted by Crippen LogP contribution is -2.43. The Hall–Kier alpha value is -3.81. The number of aryl methyl sites for hydroxylation is 3. The van der Waals surface area contributed by atoms with Crippen LogP contribution in [0.15, 0.2) is 60.8 Å². The number of rotatable bonds is 8. The van der Waals surface area contributed by atoms with Gasteiger partial charge in [-0.3, -0.25) is 14.5 Å². The van der Waals surface area contributed by atoms with Crippen LogP contribution in [0.5, 0.6) is 0 Å². The minimum absolute atomic E-state index is 0.000589. The van der Waals surface area contributed by atoms with Crippen LogP contribution < -0.4 is 5.32 Å². The molecule has 7 heteroatoms. The summed E-state index contributed by atoms with van der Waals surface area (Å²) < 4.78 is 0. The maximum atomic E-state index is 12.9. The molecular formula is C31H35N5O2. The Labute approximate surface area is 223 Å². The molecule has 0 unspecified atom stereocenters. The minimum Gasteiger partial charge on any atom is -0.337 e. The van der Waals surface area contributed by atoms with Crippen molar-refractivity contribution in [3.63, 3.8) is 0 Å². The van der Waals surface area contributed by atoms with Gasteiger partial charge >= 0.3 is 0 Å². The molecule has 2 N–H and O–H groups in total. The van der Waals surface area contributed by atoms with Crippen LogP contribution in [0.3, 0.4) is 0 Å². The normalized spacial score (nSPS) is 14.6. The molecule has 1 aliphatic rings. The fourth-order valence-electron chi connectivity index (χ4n) is 4.91. The van der Waals surface area contributed by atoms with Crippen LogP contribution >= 0.6 is 0 Å². The van der Waals surface area contributed by atoms with Crippen molar-refractivity contribution >= 4 is 28.4 Å². The lowest BCUT2D eigenvalue weighted by molar-refractivity contribution is 0.101. The van der Waals surface area contributed by atoms with Crippen LogP contribution in [0.25, 0.3) is 11.0 Å². The van der Waals surface area contributed by atoms with Crippen LogP contribution in [0.4, 0.5) is 5.69 Å². The first-order valence-electron chi connectivity index (χ1n) is 13.2. The number of ketones is 1.